The smallest absolute Gasteiger partial charge is 0.0479 e. The van der Waals surface area contributed by atoms with E-state index in [9.17, 15) is 5.21 Å². The van der Waals surface area contributed by atoms with Crippen LogP contribution in [0, 0.1) is 0 Å². The first kappa shape index (κ1) is 11.6. The Balaban J connectivity index is 2.38. The summed E-state index contributed by atoms with van der Waals surface area (Å²) in [6.07, 6.45) is 0.987. The van der Waals surface area contributed by atoms with E-state index in [-0.39, 0.29) is 11.1 Å². The summed E-state index contributed by atoms with van der Waals surface area (Å²) in [7, 11) is 0. The van der Waals surface area contributed by atoms with Gasteiger partial charge in [-0.25, -0.2) is 0 Å². The second-order valence-electron chi connectivity index (χ2n) is 5.95. The van der Waals surface area contributed by atoms with Gasteiger partial charge in [0.05, 0.1) is 0 Å². The molecule has 0 radical (unpaired) electrons. The van der Waals surface area contributed by atoms with Crippen LogP contribution >= 0.6 is 0 Å². The zero-order chi connectivity index (χ0) is 12.0. The Morgan fingerprint density at radius 2 is 1.69 bits per heavy atom. The van der Waals surface area contributed by atoms with Gasteiger partial charge in [0, 0.05) is 17.0 Å². The molecule has 1 unspecified atom stereocenters. The maximum Gasteiger partial charge on any atom is 0.0479 e. The van der Waals surface area contributed by atoms with Crippen LogP contribution in [0.5, 0.6) is 0 Å². The van der Waals surface area contributed by atoms with Gasteiger partial charge in [0.2, 0.25) is 0 Å². The number of benzene rings is 1. The van der Waals surface area contributed by atoms with Gasteiger partial charge in [-0.15, -0.1) is 0 Å². The van der Waals surface area contributed by atoms with Crippen LogP contribution in [0.3, 0.4) is 0 Å². The van der Waals surface area contributed by atoms with Crippen molar-refractivity contribution >= 4 is 0 Å². The molecule has 1 aromatic rings. The minimum absolute atomic E-state index is 0.149. The van der Waals surface area contributed by atoms with E-state index >= 15 is 0 Å². The number of nitrogens with zero attached hydrogens (tertiary/aromatic N) is 1. The fraction of sp³-hybridized carbons (Fsp3) is 0.571. The van der Waals surface area contributed by atoms with Crippen LogP contribution in [0.4, 0.5) is 0 Å². The van der Waals surface area contributed by atoms with Gasteiger partial charge in [0.25, 0.3) is 0 Å². The lowest BCUT2D eigenvalue weighted by atomic mass is 9.81. The summed E-state index contributed by atoms with van der Waals surface area (Å²) in [6.45, 7) is 8.41. The Kier molecular flexibility index (Phi) is 2.59. The third kappa shape index (κ3) is 1.66. The predicted molar refractivity (Wildman–Crippen MR) is 65.6 cm³/mol. The molecule has 0 aromatic heterocycles. The second kappa shape index (κ2) is 3.57. The molecule has 88 valence electrons. The van der Waals surface area contributed by atoms with Crippen LogP contribution in [0.25, 0.3) is 0 Å². The van der Waals surface area contributed by atoms with Gasteiger partial charge in [-0.3, -0.25) is 0 Å². The fourth-order valence-corrected chi connectivity index (χ4v) is 2.97. The van der Waals surface area contributed by atoms with Gasteiger partial charge < -0.3 is 5.21 Å². The van der Waals surface area contributed by atoms with E-state index in [1.54, 1.807) is 0 Å². The molecule has 0 saturated carbocycles. The number of hydrogen-bond acceptors (Lipinski definition) is 2. The number of rotatable bonds is 1. The van der Waals surface area contributed by atoms with Gasteiger partial charge >= 0.3 is 0 Å². The minimum Gasteiger partial charge on any atom is -0.313 e. The molecule has 2 rings (SSSR count). The molecule has 1 N–H and O–H groups in total. The zero-order valence-electron chi connectivity index (χ0n) is 10.6. The Bertz CT molecular complexity index is 370. The molecule has 1 heterocycles. The van der Waals surface area contributed by atoms with E-state index in [0.29, 0.717) is 5.92 Å². The highest BCUT2D eigenvalue weighted by molar-refractivity contribution is 5.26. The van der Waals surface area contributed by atoms with Crippen LogP contribution in [0.15, 0.2) is 30.3 Å². The average molecular weight is 219 g/mol. The number of hydroxylamine groups is 2. The maximum atomic E-state index is 10.2. The quantitative estimate of drug-likeness (QED) is 0.782. The monoisotopic (exact) mass is 219 g/mol. The van der Waals surface area contributed by atoms with Gasteiger partial charge in [0.1, 0.15) is 0 Å². The van der Waals surface area contributed by atoms with Crippen LogP contribution in [0.2, 0.25) is 0 Å². The van der Waals surface area contributed by atoms with Gasteiger partial charge in [-0.05, 0) is 39.7 Å². The van der Waals surface area contributed by atoms with E-state index in [2.05, 4.69) is 52.0 Å². The molecule has 16 heavy (non-hydrogen) atoms. The van der Waals surface area contributed by atoms with E-state index in [0.717, 1.165) is 6.42 Å². The van der Waals surface area contributed by atoms with Gasteiger partial charge in [0.15, 0.2) is 0 Å². The lowest BCUT2D eigenvalue weighted by Gasteiger charge is -2.36. The Labute approximate surface area is 97.9 Å². The van der Waals surface area contributed by atoms with Crippen LogP contribution < -0.4 is 0 Å². The Morgan fingerprint density at radius 1 is 1.12 bits per heavy atom. The first-order valence-electron chi connectivity index (χ1n) is 5.90. The highest BCUT2D eigenvalue weighted by atomic mass is 16.5. The van der Waals surface area contributed by atoms with Crippen molar-refractivity contribution in [3.63, 3.8) is 0 Å². The molecule has 0 spiro atoms. The summed E-state index contributed by atoms with van der Waals surface area (Å²) >= 11 is 0. The summed E-state index contributed by atoms with van der Waals surface area (Å²) < 4.78 is 0. The normalized spacial score (nSPS) is 28.2. The maximum absolute atomic E-state index is 10.2. The minimum atomic E-state index is -0.204. The standard InChI is InChI=1S/C14H21NO/c1-13(2)10-12(14(3,4)15(13)16)11-8-6-5-7-9-11/h5-9,12,16H,10H2,1-4H3. The summed E-state index contributed by atoms with van der Waals surface area (Å²) in [5.41, 5.74) is 0.964. The van der Waals surface area contributed by atoms with Crippen molar-refractivity contribution in [2.24, 2.45) is 0 Å². The molecule has 1 aliphatic heterocycles. The molecule has 1 aliphatic rings. The van der Waals surface area contributed by atoms with Crippen LogP contribution in [0.1, 0.15) is 45.6 Å². The first-order chi connectivity index (χ1) is 7.36. The van der Waals surface area contributed by atoms with E-state index in [4.69, 9.17) is 0 Å². The molecule has 1 atom stereocenters. The van der Waals surface area contributed by atoms with Crippen molar-refractivity contribution in [2.75, 3.05) is 0 Å². The van der Waals surface area contributed by atoms with Crippen LogP contribution in [-0.4, -0.2) is 21.3 Å². The molecule has 1 fully saturated rings. The van der Waals surface area contributed by atoms with Crippen molar-refractivity contribution in [1.82, 2.24) is 5.06 Å². The van der Waals surface area contributed by atoms with E-state index in [1.165, 1.54) is 10.6 Å². The Hall–Kier alpha value is -0.860. The molecular formula is C14H21NO. The third-order valence-electron chi connectivity index (χ3n) is 3.88. The Morgan fingerprint density at radius 3 is 2.12 bits per heavy atom. The van der Waals surface area contributed by atoms with Gasteiger partial charge in [-0.1, -0.05) is 30.3 Å². The van der Waals surface area contributed by atoms with Gasteiger partial charge in [-0.2, -0.15) is 5.06 Å². The summed E-state index contributed by atoms with van der Waals surface area (Å²) in [5.74, 6) is 0.383. The zero-order valence-corrected chi connectivity index (χ0v) is 10.6. The molecule has 0 amide bonds. The highest BCUT2D eigenvalue weighted by Gasteiger charge is 2.51. The van der Waals surface area contributed by atoms with E-state index in [1.807, 2.05) is 6.07 Å². The SMILES string of the molecule is CC1(C)CC(c2ccccc2)C(C)(C)N1O. The highest BCUT2D eigenvalue weighted by Crippen LogP contribution is 2.48. The largest absolute Gasteiger partial charge is 0.313 e. The lowest BCUT2D eigenvalue weighted by Crippen LogP contribution is -2.46. The van der Waals surface area contributed by atoms with Crippen molar-refractivity contribution in [2.45, 2.75) is 51.1 Å². The van der Waals surface area contributed by atoms with Crippen LogP contribution in [-0.2, 0) is 0 Å². The number of hydrogen-bond donors (Lipinski definition) is 1. The molecular weight excluding hydrogens is 198 g/mol. The summed E-state index contributed by atoms with van der Waals surface area (Å²) in [4.78, 5) is 0. The molecule has 0 aliphatic carbocycles. The van der Waals surface area contributed by atoms with E-state index < -0.39 is 0 Å². The fourth-order valence-electron chi connectivity index (χ4n) is 2.97. The van der Waals surface area contributed by atoms with Crippen molar-refractivity contribution in [3.8, 4) is 0 Å². The topological polar surface area (TPSA) is 23.5 Å². The molecule has 2 nitrogen and oxygen atoms in total. The average Bonchev–Trinajstić information content (AvgIpc) is 2.40. The van der Waals surface area contributed by atoms with Crippen molar-refractivity contribution in [1.29, 1.82) is 0 Å². The lowest BCUT2D eigenvalue weighted by molar-refractivity contribution is -0.193. The third-order valence-corrected chi connectivity index (χ3v) is 3.88. The molecule has 1 aromatic carbocycles. The molecule has 2 heteroatoms. The summed E-state index contributed by atoms with van der Waals surface area (Å²) in [5, 5.41) is 11.8. The first-order valence-corrected chi connectivity index (χ1v) is 5.90. The predicted octanol–water partition coefficient (Wildman–Crippen LogP) is 3.42. The van der Waals surface area contributed by atoms with Crippen molar-refractivity contribution in [3.05, 3.63) is 35.9 Å². The molecule has 1 saturated heterocycles. The summed E-state index contributed by atoms with van der Waals surface area (Å²) in [6, 6.07) is 10.5. The second-order valence-corrected chi connectivity index (χ2v) is 5.95. The molecule has 0 bridgehead atoms. The van der Waals surface area contributed by atoms with Crippen molar-refractivity contribution < 1.29 is 5.21 Å².